The fourth-order valence-corrected chi connectivity index (χ4v) is 4.13. The van der Waals surface area contributed by atoms with Crippen LogP contribution in [0.4, 0.5) is 4.39 Å². The summed E-state index contributed by atoms with van der Waals surface area (Å²) in [5.74, 6) is 6.59. The number of aromatic nitrogens is 4. The third-order valence-electron chi connectivity index (χ3n) is 3.44. The minimum absolute atomic E-state index is 0.305. The van der Waals surface area contributed by atoms with Gasteiger partial charge in [-0.25, -0.2) is 14.1 Å². The first-order valence-corrected chi connectivity index (χ1v) is 8.95. The normalized spacial score (nSPS) is 11.2. The van der Waals surface area contributed by atoms with E-state index < -0.39 is 0 Å². The molecule has 0 aliphatic carbocycles. The van der Waals surface area contributed by atoms with Gasteiger partial charge in [0.05, 0.1) is 21.5 Å². The van der Waals surface area contributed by atoms with Crippen LogP contribution in [0.25, 0.3) is 21.6 Å². The van der Waals surface area contributed by atoms with Crippen LogP contribution in [0.5, 0.6) is 0 Å². The second-order valence-electron chi connectivity index (χ2n) is 5.02. The highest BCUT2D eigenvalue weighted by molar-refractivity contribution is 7.98. The van der Waals surface area contributed by atoms with E-state index in [2.05, 4.69) is 15.2 Å². The molecule has 2 N–H and O–H groups in total. The van der Waals surface area contributed by atoms with E-state index in [4.69, 9.17) is 5.84 Å². The fraction of sp³-hybridized carbons (Fsp3) is 0.0625. The first kappa shape index (κ1) is 15.1. The van der Waals surface area contributed by atoms with E-state index in [1.165, 1.54) is 22.5 Å². The van der Waals surface area contributed by atoms with Gasteiger partial charge in [0.1, 0.15) is 10.8 Å². The molecule has 2 aromatic heterocycles. The minimum Gasteiger partial charge on any atom is -0.335 e. The number of rotatable bonds is 4. The van der Waals surface area contributed by atoms with Crippen molar-refractivity contribution in [2.75, 3.05) is 5.84 Å². The van der Waals surface area contributed by atoms with E-state index in [-0.39, 0.29) is 5.82 Å². The molecule has 0 unspecified atom stereocenters. The third-order valence-corrected chi connectivity index (χ3v) is 5.62. The van der Waals surface area contributed by atoms with Gasteiger partial charge in [0.25, 0.3) is 0 Å². The molecule has 0 radical (unpaired) electrons. The highest BCUT2D eigenvalue weighted by Gasteiger charge is 2.15. The van der Waals surface area contributed by atoms with Gasteiger partial charge < -0.3 is 5.84 Å². The number of nitrogen functional groups attached to an aromatic ring is 1. The van der Waals surface area contributed by atoms with E-state index in [1.54, 1.807) is 29.5 Å². The SMILES string of the molecule is Nn1c(SCc2nc3ccccc3s2)nnc1-c1ccccc1F. The molecule has 0 aliphatic heterocycles. The third kappa shape index (κ3) is 2.74. The number of benzene rings is 2. The first-order chi connectivity index (χ1) is 11.7. The number of fused-ring (bicyclic) bond motifs is 1. The molecule has 0 bridgehead atoms. The number of hydrogen-bond acceptors (Lipinski definition) is 6. The largest absolute Gasteiger partial charge is 0.335 e. The molecule has 120 valence electrons. The van der Waals surface area contributed by atoms with Crippen molar-refractivity contribution in [2.24, 2.45) is 0 Å². The summed E-state index contributed by atoms with van der Waals surface area (Å²) in [5, 5.41) is 9.58. The molecule has 2 heterocycles. The molecule has 4 rings (SSSR count). The molecule has 0 saturated heterocycles. The number of thioether (sulfide) groups is 1. The Morgan fingerprint density at radius 1 is 1.08 bits per heavy atom. The number of hydrogen-bond donors (Lipinski definition) is 1. The predicted molar refractivity (Wildman–Crippen MR) is 94.7 cm³/mol. The van der Waals surface area contributed by atoms with Crippen molar-refractivity contribution < 1.29 is 4.39 Å². The van der Waals surface area contributed by atoms with Crippen LogP contribution >= 0.6 is 23.1 Å². The van der Waals surface area contributed by atoms with Crippen LogP contribution in [0.1, 0.15) is 5.01 Å². The Morgan fingerprint density at radius 3 is 2.71 bits per heavy atom. The van der Waals surface area contributed by atoms with E-state index in [1.807, 2.05) is 24.3 Å². The van der Waals surface area contributed by atoms with Gasteiger partial charge in [-0.2, -0.15) is 0 Å². The zero-order valence-electron chi connectivity index (χ0n) is 12.4. The lowest BCUT2D eigenvalue weighted by Gasteiger charge is -2.03. The van der Waals surface area contributed by atoms with Crippen molar-refractivity contribution in [2.45, 2.75) is 10.9 Å². The van der Waals surface area contributed by atoms with Gasteiger partial charge in [0.2, 0.25) is 5.16 Å². The van der Waals surface area contributed by atoms with Crippen molar-refractivity contribution in [3.63, 3.8) is 0 Å². The summed E-state index contributed by atoms with van der Waals surface area (Å²) in [6.07, 6.45) is 0. The molecule has 8 heteroatoms. The number of thiazole rings is 1. The molecule has 0 spiro atoms. The van der Waals surface area contributed by atoms with Crippen LogP contribution in [0.15, 0.2) is 53.7 Å². The molecule has 0 aliphatic rings. The summed E-state index contributed by atoms with van der Waals surface area (Å²) in [6.45, 7) is 0. The van der Waals surface area contributed by atoms with Gasteiger partial charge in [0.15, 0.2) is 5.82 Å². The highest BCUT2D eigenvalue weighted by atomic mass is 32.2. The van der Waals surface area contributed by atoms with Crippen LogP contribution < -0.4 is 5.84 Å². The topological polar surface area (TPSA) is 69.6 Å². The van der Waals surface area contributed by atoms with Gasteiger partial charge in [0, 0.05) is 0 Å². The van der Waals surface area contributed by atoms with Crippen LogP contribution in [0, 0.1) is 5.82 Å². The standard InChI is InChI=1S/C16H12FN5S2/c17-11-6-2-1-5-10(11)15-20-21-16(22(15)18)23-9-14-19-12-7-3-4-8-13(12)24-14/h1-8H,9,18H2. The Balaban J connectivity index is 1.56. The van der Waals surface area contributed by atoms with Gasteiger partial charge >= 0.3 is 0 Å². The second-order valence-corrected chi connectivity index (χ2v) is 7.08. The van der Waals surface area contributed by atoms with Gasteiger partial charge in [-0.05, 0) is 24.3 Å². The summed E-state index contributed by atoms with van der Waals surface area (Å²) >= 11 is 3.06. The summed E-state index contributed by atoms with van der Waals surface area (Å²) in [7, 11) is 0. The van der Waals surface area contributed by atoms with Crippen molar-refractivity contribution in [1.29, 1.82) is 0 Å². The lowest BCUT2D eigenvalue weighted by atomic mass is 10.2. The quantitative estimate of drug-likeness (QED) is 0.445. The smallest absolute Gasteiger partial charge is 0.210 e. The van der Waals surface area contributed by atoms with Crippen molar-refractivity contribution in [3.05, 3.63) is 59.4 Å². The molecular weight excluding hydrogens is 345 g/mol. The number of nitrogens with zero attached hydrogens (tertiary/aromatic N) is 4. The second kappa shape index (κ2) is 6.21. The monoisotopic (exact) mass is 357 g/mol. The minimum atomic E-state index is -0.376. The maximum atomic E-state index is 13.9. The molecule has 4 aromatic rings. The molecular formula is C16H12FN5S2. The van der Waals surface area contributed by atoms with Crippen LogP contribution in [0.2, 0.25) is 0 Å². The number of nitrogens with two attached hydrogens (primary N) is 1. The lowest BCUT2D eigenvalue weighted by Crippen LogP contribution is -2.12. The molecule has 0 amide bonds. The van der Waals surface area contributed by atoms with Crippen LogP contribution in [-0.4, -0.2) is 19.9 Å². The Labute approximate surface area is 145 Å². The number of halogens is 1. The zero-order valence-corrected chi connectivity index (χ0v) is 14.0. The van der Waals surface area contributed by atoms with Gasteiger partial charge in [-0.15, -0.1) is 21.5 Å². The summed E-state index contributed by atoms with van der Waals surface area (Å²) in [6, 6.07) is 14.4. The van der Waals surface area contributed by atoms with Crippen LogP contribution in [-0.2, 0) is 5.75 Å². The predicted octanol–water partition coefficient (Wildman–Crippen LogP) is 3.70. The van der Waals surface area contributed by atoms with Crippen molar-refractivity contribution in [1.82, 2.24) is 19.9 Å². The molecule has 24 heavy (non-hydrogen) atoms. The van der Waals surface area contributed by atoms with E-state index in [0.717, 1.165) is 15.2 Å². The molecule has 0 saturated carbocycles. The van der Waals surface area contributed by atoms with Crippen molar-refractivity contribution >= 4 is 33.3 Å². The van der Waals surface area contributed by atoms with E-state index >= 15 is 0 Å². The zero-order chi connectivity index (χ0) is 16.5. The fourth-order valence-electron chi connectivity index (χ4n) is 2.31. The van der Waals surface area contributed by atoms with Gasteiger partial charge in [-0.3, -0.25) is 0 Å². The maximum Gasteiger partial charge on any atom is 0.210 e. The molecule has 0 atom stereocenters. The Hall–Kier alpha value is -2.45. The first-order valence-electron chi connectivity index (χ1n) is 7.15. The average Bonchev–Trinajstić information content (AvgIpc) is 3.17. The lowest BCUT2D eigenvalue weighted by molar-refractivity contribution is 0.629. The Kier molecular flexibility index (Phi) is 3.91. The molecule has 5 nitrogen and oxygen atoms in total. The summed E-state index contributed by atoms with van der Waals surface area (Å²) in [4.78, 5) is 4.58. The maximum absolute atomic E-state index is 13.9. The van der Waals surface area contributed by atoms with E-state index in [9.17, 15) is 4.39 Å². The average molecular weight is 357 g/mol. The van der Waals surface area contributed by atoms with Gasteiger partial charge in [-0.1, -0.05) is 36.0 Å². The summed E-state index contributed by atoms with van der Waals surface area (Å²) in [5.41, 5.74) is 1.32. The number of para-hydroxylation sites is 1. The highest BCUT2D eigenvalue weighted by Crippen LogP contribution is 2.29. The molecule has 0 fully saturated rings. The van der Waals surface area contributed by atoms with Crippen LogP contribution in [0.3, 0.4) is 0 Å². The summed E-state index contributed by atoms with van der Waals surface area (Å²) < 4.78 is 16.3. The van der Waals surface area contributed by atoms with Crippen molar-refractivity contribution in [3.8, 4) is 11.4 Å². The molecule has 2 aromatic carbocycles. The van der Waals surface area contributed by atoms with E-state index in [0.29, 0.717) is 22.3 Å². The Morgan fingerprint density at radius 2 is 1.88 bits per heavy atom. The Bertz CT molecular complexity index is 978.